The Morgan fingerprint density at radius 3 is 2.86 bits per heavy atom. The van der Waals surface area contributed by atoms with Crippen molar-refractivity contribution in [3.8, 4) is 0 Å². The number of hydrogen-bond donors (Lipinski definition) is 2. The largest absolute Gasteiger partial charge is 0.376 e. The van der Waals surface area contributed by atoms with E-state index < -0.39 is 0 Å². The van der Waals surface area contributed by atoms with Crippen LogP contribution in [0, 0.1) is 5.41 Å². The van der Waals surface area contributed by atoms with Gasteiger partial charge in [-0.3, -0.25) is 5.41 Å². The maximum absolute atomic E-state index is 6.51. The lowest BCUT2D eigenvalue weighted by Gasteiger charge is -1.89. The molecule has 0 heterocycles. The lowest BCUT2D eigenvalue weighted by atomic mass is 10.4. The van der Waals surface area contributed by atoms with E-state index in [1.54, 1.807) is 0 Å². The normalized spacial score (nSPS) is 7.43. The zero-order valence-corrected chi connectivity index (χ0v) is 4.28. The first kappa shape index (κ1) is 6.21. The summed E-state index contributed by atoms with van der Waals surface area (Å²) in [7, 11) is 0. The Labute approximate surface area is 43.7 Å². The Balaban J connectivity index is 2.68. The van der Waals surface area contributed by atoms with Crippen molar-refractivity contribution >= 4 is 6.34 Å². The summed E-state index contributed by atoms with van der Waals surface area (Å²) in [4.78, 5) is 0. The predicted molar refractivity (Wildman–Crippen MR) is 31.6 cm³/mol. The fourth-order valence-electron chi connectivity index (χ4n) is 0.258. The topological polar surface area (TPSA) is 35.9 Å². The molecule has 0 bridgehead atoms. The minimum absolute atomic E-state index is 0.826. The van der Waals surface area contributed by atoms with Gasteiger partial charge in [0.2, 0.25) is 0 Å². The minimum atomic E-state index is 0.826. The summed E-state index contributed by atoms with van der Waals surface area (Å²) in [6.07, 6.45) is 3.93. The summed E-state index contributed by atoms with van der Waals surface area (Å²) in [5, 5.41) is 9.23. The molecular weight excluding hydrogens is 88.1 g/mol. The fourth-order valence-corrected chi connectivity index (χ4v) is 0.258. The summed E-state index contributed by atoms with van der Waals surface area (Å²) < 4.78 is 0. The molecule has 0 spiro atoms. The third-order valence-electron chi connectivity index (χ3n) is 0.595. The van der Waals surface area contributed by atoms with Crippen LogP contribution in [0.1, 0.15) is 6.42 Å². The summed E-state index contributed by atoms with van der Waals surface area (Å²) in [5.74, 6) is 0. The predicted octanol–water partition coefficient (Wildman–Crippen LogP) is 0.759. The molecule has 2 nitrogen and oxygen atoms in total. The van der Waals surface area contributed by atoms with Crippen LogP contribution in [0.25, 0.3) is 0 Å². The Morgan fingerprint density at radius 1 is 1.71 bits per heavy atom. The smallest absolute Gasteiger partial charge is 0.0791 e. The van der Waals surface area contributed by atoms with Crippen LogP contribution in [0.3, 0.4) is 0 Å². The summed E-state index contributed by atoms with van der Waals surface area (Å²) in [5.41, 5.74) is 0. The molecule has 0 amide bonds. The number of nitrogens with one attached hydrogen (secondary N) is 2. The molecule has 0 radical (unpaired) electrons. The van der Waals surface area contributed by atoms with Gasteiger partial charge in [-0.25, -0.2) is 0 Å². The van der Waals surface area contributed by atoms with Crippen LogP contribution < -0.4 is 5.32 Å². The first-order valence-electron chi connectivity index (χ1n) is 2.25. The highest BCUT2D eigenvalue weighted by atomic mass is 14.9. The molecule has 0 aromatic carbocycles. The third kappa shape index (κ3) is 5.21. The van der Waals surface area contributed by atoms with Crippen molar-refractivity contribution in [3.63, 3.8) is 0 Å². The van der Waals surface area contributed by atoms with Crippen molar-refractivity contribution in [1.82, 2.24) is 5.32 Å². The molecule has 0 aromatic rings. The molecule has 0 saturated heterocycles. The first-order valence-corrected chi connectivity index (χ1v) is 2.25. The van der Waals surface area contributed by atoms with E-state index in [4.69, 9.17) is 5.41 Å². The molecule has 0 atom stereocenters. The van der Waals surface area contributed by atoms with Crippen LogP contribution >= 0.6 is 0 Å². The van der Waals surface area contributed by atoms with Crippen molar-refractivity contribution < 1.29 is 0 Å². The second-order valence-corrected chi connectivity index (χ2v) is 1.18. The highest BCUT2D eigenvalue weighted by Gasteiger charge is 1.71. The zero-order valence-electron chi connectivity index (χ0n) is 4.28. The van der Waals surface area contributed by atoms with Crippen LogP contribution in [-0.2, 0) is 0 Å². The third-order valence-corrected chi connectivity index (χ3v) is 0.595. The van der Waals surface area contributed by atoms with Gasteiger partial charge < -0.3 is 5.32 Å². The van der Waals surface area contributed by atoms with Gasteiger partial charge in [-0.15, -0.1) is 6.58 Å². The lowest BCUT2D eigenvalue weighted by Crippen LogP contribution is -2.10. The average molecular weight is 98.1 g/mol. The molecule has 0 saturated carbocycles. The molecule has 40 valence electrons. The van der Waals surface area contributed by atoms with Gasteiger partial charge in [0, 0.05) is 6.54 Å². The van der Waals surface area contributed by atoms with Crippen LogP contribution in [-0.4, -0.2) is 12.9 Å². The number of rotatable bonds is 4. The maximum Gasteiger partial charge on any atom is 0.0791 e. The SMILES string of the molecule is C=CCCNC=N. The number of hydrogen-bond acceptors (Lipinski definition) is 1. The van der Waals surface area contributed by atoms with E-state index in [2.05, 4.69) is 11.9 Å². The molecular formula is C5H10N2. The summed E-state index contributed by atoms with van der Waals surface area (Å²) in [6.45, 7) is 4.34. The molecule has 0 fully saturated rings. The Morgan fingerprint density at radius 2 is 2.43 bits per heavy atom. The highest BCUT2D eigenvalue weighted by Crippen LogP contribution is 1.70. The molecule has 2 heteroatoms. The van der Waals surface area contributed by atoms with Crippen molar-refractivity contribution in [2.45, 2.75) is 6.42 Å². The Kier molecular flexibility index (Phi) is 4.62. The summed E-state index contributed by atoms with van der Waals surface area (Å²) in [6, 6.07) is 0. The summed E-state index contributed by atoms with van der Waals surface area (Å²) >= 11 is 0. The van der Waals surface area contributed by atoms with Gasteiger partial charge in [-0.05, 0) is 6.42 Å². The van der Waals surface area contributed by atoms with Gasteiger partial charge >= 0.3 is 0 Å². The van der Waals surface area contributed by atoms with Crippen LogP contribution in [0.4, 0.5) is 0 Å². The van der Waals surface area contributed by atoms with Crippen molar-refractivity contribution in [2.75, 3.05) is 6.54 Å². The molecule has 7 heavy (non-hydrogen) atoms. The van der Waals surface area contributed by atoms with Crippen LogP contribution in [0.2, 0.25) is 0 Å². The molecule has 0 aliphatic carbocycles. The molecule has 0 aliphatic heterocycles. The van der Waals surface area contributed by atoms with E-state index in [1.165, 1.54) is 6.34 Å². The fraction of sp³-hybridized carbons (Fsp3) is 0.400. The van der Waals surface area contributed by atoms with Gasteiger partial charge in [0.05, 0.1) is 6.34 Å². The van der Waals surface area contributed by atoms with Gasteiger partial charge in [0.25, 0.3) is 0 Å². The first-order chi connectivity index (χ1) is 3.41. The van der Waals surface area contributed by atoms with Crippen molar-refractivity contribution in [2.24, 2.45) is 0 Å². The lowest BCUT2D eigenvalue weighted by molar-refractivity contribution is 0.901. The van der Waals surface area contributed by atoms with Crippen LogP contribution in [0.15, 0.2) is 12.7 Å². The van der Waals surface area contributed by atoms with E-state index >= 15 is 0 Å². The van der Waals surface area contributed by atoms with Crippen LogP contribution in [0.5, 0.6) is 0 Å². The highest BCUT2D eigenvalue weighted by molar-refractivity contribution is 5.49. The van der Waals surface area contributed by atoms with Gasteiger partial charge in [0.15, 0.2) is 0 Å². The molecule has 0 aliphatic rings. The van der Waals surface area contributed by atoms with Crippen molar-refractivity contribution in [3.05, 3.63) is 12.7 Å². The molecule has 0 aromatic heterocycles. The molecule has 0 rings (SSSR count). The zero-order chi connectivity index (χ0) is 5.54. The van der Waals surface area contributed by atoms with Crippen molar-refractivity contribution in [1.29, 1.82) is 5.41 Å². The second-order valence-electron chi connectivity index (χ2n) is 1.18. The quantitative estimate of drug-likeness (QED) is 0.231. The van der Waals surface area contributed by atoms with Gasteiger partial charge in [-0.2, -0.15) is 0 Å². The maximum atomic E-state index is 6.51. The average Bonchev–Trinajstić information content (AvgIpc) is 1.69. The van der Waals surface area contributed by atoms with E-state index in [0.29, 0.717) is 0 Å². The van der Waals surface area contributed by atoms with Gasteiger partial charge in [0.1, 0.15) is 0 Å². The second kappa shape index (κ2) is 5.21. The van der Waals surface area contributed by atoms with Gasteiger partial charge in [-0.1, -0.05) is 6.08 Å². The monoisotopic (exact) mass is 98.1 g/mol. The van der Waals surface area contributed by atoms with E-state index in [0.717, 1.165) is 13.0 Å². The van der Waals surface area contributed by atoms with E-state index in [-0.39, 0.29) is 0 Å². The van der Waals surface area contributed by atoms with E-state index in [1.807, 2.05) is 6.08 Å². The molecule has 2 N–H and O–H groups in total. The van der Waals surface area contributed by atoms with E-state index in [9.17, 15) is 0 Å². The Bertz CT molecular complexity index is 51.1. The Hall–Kier alpha value is -0.790. The molecule has 0 unspecified atom stereocenters. The standard InChI is InChI=1S/C5H10N2/c1-2-3-4-7-5-6/h2,5H,1,3-4H2,(H2,6,7). The minimum Gasteiger partial charge on any atom is -0.376 e.